The molecule has 1 aromatic rings. The molecule has 1 aliphatic rings. The Kier molecular flexibility index (Phi) is 4.93. The van der Waals surface area contributed by atoms with Crippen molar-refractivity contribution in [1.82, 2.24) is 9.97 Å². The Labute approximate surface area is 131 Å². The van der Waals surface area contributed by atoms with E-state index in [-0.39, 0.29) is 24.4 Å². The van der Waals surface area contributed by atoms with Crippen LogP contribution in [0.2, 0.25) is 0 Å². The van der Waals surface area contributed by atoms with Gasteiger partial charge in [-0.1, -0.05) is 0 Å². The molecule has 0 radical (unpaired) electrons. The fourth-order valence-corrected chi connectivity index (χ4v) is 2.16. The molecule has 2 rings (SSSR count). The summed E-state index contributed by atoms with van der Waals surface area (Å²) in [6, 6.07) is 0.875. The second kappa shape index (κ2) is 6.57. The number of hydrogen-bond acceptors (Lipinski definition) is 6. The van der Waals surface area contributed by atoms with Crippen LogP contribution in [-0.2, 0) is 15.7 Å². The molecule has 1 fully saturated rings. The number of halogens is 3. The molecule has 1 aromatic heterocycles. The monoisotopic (exact) mass is 333 g/mol. The third-order valence-corrected chi connectivity index (χ3v) is 3.37. The summed E-state index contributed by atoms with van der Waals surface area (Å²) in [5.41, 5.74) is 4.12. The van der Waals surface area contributed by atoms with Crippen LogP contribution in [0.25, 0.3) is 0 Å². The number of nitrogens with one attached hydrogen (secondary N) is 1. The van der Waals surface area contributed by atoms with Crippen molar-refractivity contribution >= 4 is 17.7 Å². The summed E-state index contributed by atoms with van der Waals surface area (Å²) in [5.74, 6) is -0.551. The summed E-state index contributed by atoms with van der Waals surface area (Å²) >= 11 is 0. The van der Waals surface area contributed by atoms with Crippen LogP contribution in [0.1, 0.15) is 18.5 Å². The standard InChI is InChI=1S/C13H18F3N5O2/c1-21(2)10-5-9(13(14,15)16)19-12(20-10)18-6-7-3-4-8(23-7)11(17)22/h5,7-8H,3-4,6H2,1-2H3,(H2,17,22)(H,18,19,20). The van der Waals surface area contributed by atoms with E-state index in [1.165, 1.54) is 4.90 Å². The smallest absolute Gasteiger partial charge is 0.367 e. The lowest BCUT2D eigenvalue weighted by Crippen LogP contribution is -2.30. The molecule has 1 saturated heterocycles. The van der Waals surface area contributed by atoms with E-state index < -0.39 is 23.9 Å². The van der Waals surface area contributed by atoms with E-state index in [2.05, 4.69) is 15.3 Å². The van der Waals surface area contributed by atoms with Gasteiger partial charge in [0.25, 0.3) is 0 Å². The molecule has 1 aliphatic heterocycles. The number of nitrogens with two attached hydrogens (primary N) is 1. The first-order valence-electron chi connectivity index (χ1n) is 6.99. The van der Waals surface area contributed by atoms with Crippen molar-refractivity contribution in [3.8, 4) is 0 Å². The molecule has 2 unspecified atom stereocenters. The van der Waals surface area contributed by atoms with Gasteiger partial charge in [0.1, 0.15) is 11.9 Å². The maximum atomic E-state index is 12.9. The van der Waals surface area contributed by atoms with Crippen LogP contribution in [0.4, 0.5) is 24.9 Å². The number of rotatable bonds is 5. The number of nitrogens with zero attached hydrogens (tertiary/aromatic N) is 3. The highest BCUT2D eigenvalue weighted by Crippen LogP contribution is 2.30. The van der Waals surface area contributed by atoms with E-state index >= 15 is 0 Å². The number of ether oxygens (including phenoxy) is 1. The fourth-order valence-electron chi connectivity index (χ4n) is 2.16. The number of amides is 1. The highest BCUT2D eigenvalue weighted by atomic mass is 19.4. The number of alkyl halides is 3. The van der Waals surface area contributed by atoms with Gasteiger partial charge in [-0.3, -0.25) is 4.79 Å². The Morgan fingerprint density at radius 3 is 2.65 bits per heavy atom. The first-order chi connectivity index (χ1) is 10.7. The molecule has 0 bridgehead atoms. The number of carbonyl (C=O) groups is 1. The van der Waals surface area contributed by atoms with Crippen molar-refractivity contribution in [2.45, 2.75) is 31.2 Å². The van der Waals surface area contributed by atoms with Gasteiger partial charge >= 0.3 is 6.18 Å². The minimum absolute atomic E-state index is 0.136. The lowest BCUT2D eigenvalue weighted by Gasteiger charge is -2.17. The van der Waals surface area contributed by atoms with Crippen LogP contribution in [0.3, 0.4) is 0 Å². The zero-order chi connectivity index (χ0) is 17.2. The summed E-state index contributed by atoms with van der Waals surface area (Å²) in [5, 5.41) is 2.73. The van der Waals surface area contributed by atoms with Gasteiger partial charge in [0.2, 0.25) is 11.9 Å². The maximum Gasteiger partial charge on any atom is 0.433 e. The number of carbonyl (C=O) groups excluding carboxylic acids is 1. The fraction of sp³-hybridized carbons (Fsp3) is 0.615. The van der Waals surface area contributed by atoms with Gasteiger partial charge in [0.15, 0.2) is 5.69 Å². The molecule has 2 heterocycles. The van der Waals surface area contributed by atoms with Gasteiger partial charge in [-0.25, -0.2) is 4.98 Å². The summed E-state index contributed by atoms with van der Waals surface area (Å²) in [7, 11) is 3.17. The molecule has 0 spiro atoms. The van der Waals surface area contributed by atoms with Crippen molar-refractivity contribution < 1.29 is 22.7 Å². The second-order valence-corrected chi connectivity index (χ2v) is 5.43. The van der Waals surface area contributed by atoms with Crippen LogP contribution < -0.4 is 16.0 Å². The van der Waals surface area contributed by atoms with Crippen LogP contribution >= 0.6 is 0 Å². The molecule has 0 saturated carbocycles. The van der Waals surface area contributed by atoms with Gasteiger partial charge < -0.3 is 20.7 Å². The van der Waals surface area contributed by atoms with E-state index in [4.69, 9.17) is 10.5 Å². The van der Waals surface area contributed by atoms with E-state index in [0.29, 0.717) is 12.8 Å². The lowest BCUT2D eigenvalue weighted by molar-refractivity contribution is -0.141. The lowest BCUT2D eigenvalue weighted by atomic mass is 10.2. The van der Waals surface area contributed by atoms with Gasteiger partial charge in [0, 0.05) is 26.7 Å². The zero-order valence-electron chi connectivity index (χ0n) is 12.7. The van der Waals surface area contributed by atoms with Crippen molar-refractivity contribution in [3.05, 3.63) is 11.8 Å². The third-order valence-electron chi connectivity index (χ3n) is 3.37. The van der Waals surface area contributed by atoms with Crippen LogP contribution in [-0.4, -0.2) is 48.7 Å². The van der Waals surface area contributed by atoms with Crippen molar-refractivity contribution in [3.63, 3.8) is 0 Å². The van der Waals surface area contributed by atoms with E-state index in [9.17, 15) is 18.0 Å². The van der Waals surface area contributed by atoms with Crippen molar-refractivity contribution in [2.24, 2.45) is 5.73 Å². The van der Waals surface area contributed by atoms with Gasteiger partial charge in [-0.15, -0.1) is 0 Å². The Balaban J connectivity index is 2.07. The summed E-state index contributed by atoms with van der Waals surface area (Å²) < 4.78 is 44.0. The molecular formula is C13H18F3N5O2. The van der Waals surface area contributed by atoms with Crippen LogP contribution in [0.5, 0.6) is 0 Å². The molecule has 23 heavy (non-hydrogen) atoms. The third kappa shape index (κ3) is 4.44. The number of aromatic nitrogens is 2. The predicted molar refractivity (Wildman–Crippen MR) is 76.9 cm³/mol. The first kappa shape index (κ1) is 17.3. The molecule has 7 nitrogen and oxygen atoms in total. The number of anilines is 2. The summed E-state index contributed by atoms with van der Waals surface area (Å²) in [6.45, 7) is 0.192. The minimum Gasteiger partial charge on any atom is -0.367 e. The molecule has 10 heteroatoms. The van der Waals surface area contributed by atoms with Crippen LogP contribution in [0.15, 0.2) is 6.07 Å². The van der Waals surface area contributed by atoms with E-state index in [1.807, 2.05) is 0 Å². The molecule has 0 aliphatic carbocycles. The molecule has 0 aromatic carbocycles. The maximum absolute atomic E-state index is 12.9. The highest BCUT2D eigenvalue weighted by molar-refractivity contribution is 5.79. The minimum atomic E-state index is -4.56. The predicted octanol–water partition coefficient (Wildman–Crippen LogP) is 1.01. The molecule has 3 N–H and O–H groups in total. The summed E-state index contributed by atoms with van der Waals surface area (Å²) in [6.07, 6.45) is -4.46. The van der Waals surface area contributed by atoms with Gasteiger partial charge in [-0.2, -0.15) is 18.2 Å². The highest BCUT2D eigenvalue weighted by Gasteiger charge is 2.34. The molecule has 1 amide bonds. The average molecular weight is 333 g/mol. The Morgan fingerprint density at radius 2 is 2.13 bits per heavy atom. The van der Waals surface area contributed by atoms with E-state index in [1.54, 1.807) is 14.1 Å². The average Bonchev–Trinajstić information content (AvgIpc) is 2.93. The largest absolute Gasteiger partial charge is 0.433 e. The number of primary amides is 1. The first-order valence-corrected chi connectivity index (χ1v) is 6.99. The van der Waals surface area contributed by atoms with Gasteiger partial charge in [0.05, 0.1) is 6.10 Å². The Morgan fingerprint density at radius 1 is 1.43 bits per heavy atom. The molecule has 2 atom stereocenters. The second-order valence-electron chi connectivity index (χ2n) is 5.43. The zero-order valence-corrected chi connectivity index (χ0v) is 12.7. The quantitative estimate of drug-likeness (QED) is 0.835. The van der Waals surface area contributed by atoms with Crippen molar-refractivity contribution in [2.75, 3.05) is 30.9 Å². The normalized spacial score (nSPS) is 21.3. The Bertz CT molecular complexity index is 579. The van der Waals surface area contributed by atoms with Crippen LogP contribution in [0, 0.1) is 0 Å². The number of hydrogen-bond donors (Lipinski definition) is 2. The molecule has 128 valence electrons. The van der Waals surface area contributed by atoms with Gasteiger partial charge in [-0.05, 0) is 12.8 Å². The topological polar surface area (TPSA) is 93.4 Å². The van der Waals surface area contributed by atoms with E-state index in [0.717, 1.165) is 6.07 Å². The summed E-state index contributed by atoms with van der Waals surface area (Å²) in [4.78, 5) is 20.0. The SMILES string of the molecule is CN(C)c1cc(C(F)(F)F)nc(NCC2CCC(C(N)=O)O2)n1. The van der Waals surface area contributed by atoms with Crippen molar-refractivity contribution in [1.29, 1.82) is 0 Å². The Hall–Kier alpha value is -2.10. The molecular weight excluding hydrogens is 315 g/mol.